The fraction of sp³-hybridized carbons (Fsp3) is 0.429. The lowest BCUT2D eigenvalue weighted by atomic mass is 10.1. The number of hydrogen-bond acceptors (Lipinski definition) is 2. The maximum absolute atomic E-state index is 9.35. The lowest BCUT2D eigenvalue weighted by Gasteiger charge is -2.10. The van der Waals surface area contributed by atoms with E-state index < -0.39 is 0 Å². The van der Waals surface area contributed by atoms with E-state index in [0.717, 1.165) is 17.6 Å². The van der Waals surface area contributed by atoms with Gasteiger partial charge in [0.25, 0.3) is 0 Å². The second-order valence-electron chi connectivity index (χ2n) is 4.44. The van der Waals surface area contributed by atoms with Crippen molar-refractivity contribution in [2.45, 2.75) is 33.1 Å². The Balaban J connectivity index is 2.22. The molecule has 2 aromatic rings. The molecule has 3 nitrogen and oxygen atoms in total. The first kappa shape index (κ1) is 12.1. The zero-order chi connectivity index (χ0) is 12.3. The maximum Gasteiger partial charge on any atom is 0.0702 e. The molecule has 1 aromatic carbocycles. The smallest absolute Gasteiger partial charge is 0.0702 e. The highest BCUT2D eigenvalue weighted by molar-refractivity contribution is 5.83. The minimum absolute atomic E-state index is 0.0758. The Kier molecular flexibility index (Phi) is 3.82. The summed E-state index contributed by atoms with van der Waals surface area (Å²) in [6.07, 6.45) is 2.31. The molecule has 92 valence electrons. The topological polar surface area (TPSA) is 34.4 Å². The Morgan fingerprint density at radius 1 is 1.29 bits per heavy atom. The van der Waals surface area contributed by atoms with Gasteiger partial charge in [0.15, 0.2) is 0 Å². The van der Waals surface area contributed by atoms with Crippen LogP contribution in [0.25, 0.3) is 10.9 Å². The van der Waals surface area contributed by atoms with Gasteiger partial charge in [-0.3, -0.25) is 0 Å². The van der Waals surface area contributed by atoms with Crippen LogP contribution in [0.15, 0.2) is 30.5 Å². The number of fused-ring (bicyclic) bond motifs is 1. The number of para-hydroxylation sites is 1. The van der Waals surface area contributed by atoms with E-state index in [1.54, 1.807) is 0 Å². The van der Waals surface area contributed by atoms with E-state index in [2.05, 4.69) is 16.7 Å². The summed E-state index contributed by atoms with van der Waals surface area (Å²) in [6, 6.07) is 8.07. The Labute approximate surface area is 102 Å². The first-order valence-electron chi connectivity index (χ1n) is 6.01. The maximum atomic E-state index is 9.35. The van der Waals surface area contributed by atoms with Crippen molar-refractivity contribution in [3.05, 3.63) is 36.0 Å². The molecule has 1 heterocycles. The van der Waals surface area contributed by atoms with Crippen LogP contribution < -0.4 is 0 Å². The molecule has 0 saturated heterocycles. The number of hydrogen-bond donors (Lipinski definition) is 1. The van der Waals surface area contributed by atoms with Crippen LogP contribution in [0.4, 0.5) is 0 Å². The number of benzene rings is 1. The highest BCUT2D eigenvalue weighted by Crippen LogP contribution is 2.20. The van der Waals surface area contributed by atoms with Crippen molar-refractivity contribution < 1.29 is 9.84 Å². The predicted molar refractivity (Wildman–Crippen MR) is 68.9 cm³/mol. The Hall–Kier alpha value is -1.32. The van der Waals surface area contributed by atoms with Crippen molar-refractivity contribution in [2.75, 3.05) is 6.61 Å². The molecule has 0 radical (unpaired) electrons. The average Bonchev–Trinajstić information content (AvgIpc) is 2.72. The van der Waals surface area contributed by atoms with Crippen LogP contribution >= 0.6 is 0 Å². The first-order valence-corrected chi connectivity index (χ1v) is 6.01. The summed E-state index contributed by atoms with van der Waals surface area (Å²) >= 11 is 0. The van der Waals surface area contributed by atoms with Crippen molar-refractivity contribution in [2.24, 2.45) is 0 Å². The lowest BCUT2D eigenvalue weighted by Crippen LogP contribution is -2.10. The van der Waals surface area contributed by atoms with E-state index in [-0.39, 0.29) is 12.7 Å². The molecule has 0 atom stereocenters. The SMILES string of the molecule is CC(C)OCCn1ccc2cccc(CO)c21. The molecule has 0 aliphatic carbocycles. The Morgan fingerprint density at radius 3 is 2.82 bits per heavy atom. The average molecular weight is 233 g/mol. The van der Waals surface area contributed by atoms with Gasteiger partial charge < -0.3 is 14.4 Å². The number of aliphatic hydroxyl groups is 1. The van der Waals surface area contributed by atoms with Crippen LogP contribution in [-0.4, -0.2) is 22.4 Å². The number of nitrogens with zero attached hydrogens (tertiary/aromatic N) is 1. The van der Waals surface area contributed by atoms with Gasteiger partial charge in [0.2, 0.25) is 0 Å². The fourth-order valence-electron chi connectivity index (χ4n) is 2.04. The highest BCUT2D eigenvalue weighted by Gasteiger charge is 2.05. The number of ether oxygens (including phenoxy) is 1. The quantitative estimate of drug-likeness (QED) is 0.861. The third-order valence-electron chi connectivity index (χ3n) is 2.83. The summed E-state index contributed by atoms with van der Waals surface area (Å²) < 4.78 is 7.70. The van der Waals surface area contributed by atoms with E-state index in [1.165, 1.54) is 5.39 Å². The summed E-state index contributed by atoms with van der Waals surface area (Å²) in [6.45, 7) is 5.66. The predicted octanol–water partition coefficient (Wildman–Crippen LogP) is 2.56. The van der Waals surface area contributed by atoms with Crippen molar-refractivity contribution in [3.63, 3.8) is 0 Å². The molecule has 2 rings (SSSR count). The number of aliphatic hydroxyl groups excluding tert-OH is 1. The van der Waals surface area contributed by atoms with Gasteiger partial charge in [-0.25, -0.2) is 0 Å². The minimum Gasteiger partial charge on any atom is -0.392 e. The fourth-order valence-corrected chi connectivity index (χ4v) is 2.04. The zero-order valence-corrected chi connectivity index (χ0v) is 10.4. The highest BCUT2D eigenvalue weighted by atomic mass is 16.5. The summed E-state index contributed by atoms with van der Waals surface area (Å²) in [7, 11) is 0. The molecular weight excluding hydrogens is 214 g/mol. The van der Waals surface area contributed by atoms with E-state index in [4.69, 9.17) is 4.74 Å². The molecule has 1 N–H and O–H groups in total. The molecule has 0 amide bonds. The van der Waals surface area contributed by atoms with Crippen molar-refractivity contribution in [1.29, 1.82) is 0 Å². The largest absolute Gasteiger partial charge is 0.392 e. The van der Waals surface area contributed by atoms with E-state index >= 15 is 0 Å². The summed E-state index contributed by atoms with van der Waals surface area (Å²) in [5.74, 6) is 0. The normalized spacial score (nSPS) is 11.5. The van der Waals surface area contributed by atoms with Crippen molar-refractivity contribution >= 4 is 10.9 Å². The van der Waals surface area contributed by atoms with Crippen molar-refractivity contribution in [3.8, 4) is 0 Å². The minimum atomic E-state index is 0.0758. The Morgan fingerprint density at radius 2 is 2.12 bits per heavy atom. The van der Waals surface area contributed by atoms with Crippen LogP contribution in [0.1, 0.15) is 19.4 Å². The molecule has 0 saturated carbocycles. The molecule has 3 heteroatoms. The summed E-state index contributed by atoms with van der Waals surface area (Å²) in [5, 5.41) is 10.5. The molecule has 0 bridgehead atoms. The zero-order valence-electron chi connectivity index (χ0n) is 10.4. The number of rotatable bonds is 5. The van der Waals surface area contributed by atoms with Gasteiger partial charge in [0, 0.05) is 18.3 Å². The van der Waals surface area contributed by atoms with E-state index in [1.807, 2.05) is 32.2 Å². The molecule has 0 aliphatic rings. The van der Waals surface area contributed by atoms with Gasteiger partial charge >= 0.3 is 0 Å². The van der Waals surface area contributed by atoms with Gasteiger partial charge in [-0.2, -0.15) is 0 Å². The monoisotopic (exact) mass is 233 g/mol. The van der Waals surface area contributed by atoms with Crippen LogP contribution in [-0.2, 0) is 17.9 Å². The molecule has 0 aliphatic heterocycles. The second kappa shape index (κ2) is 5.34. The van der Waals surface area contributed by atoms with E-state index in [9.17, 15) is 5.11 Å². The van der Waals surface area contributed by atoms with Gasteiger partial charge in [-0.15, -0.1) is 0 Å². The summed E-state index contributed by atoms with van der Waals surface area (Å²) in [4.78, 5) is 0. The molecule has 0 unspecified atom stereocenters. The van der Waals surface area contributed by atoms with Gasteiger partial charge in [0.05, 0.1) is 24.8 Å². The number of aromatic nitrogens is 1. The molecular formula is C14H19NO2. The Bertz CT molecular complexity index is 488. The van der Waals surface area contributed by atoms with Crippen LogP contribution in [0.5, 0.6) is 0 Å². The van der Waals surface area contributed by atoms with Crippen molar-refractivity contribution in [1.82, 2.24) is 4.57 Å². The third-order valence-corrected chi connectivity index (χ3v) is 2.83. The van der Waals surface area contributed by atoms with Crippen LogP contribution in [0.3, 0.4) is 0 Å². The van der Waals surface area contributed by atoms with Gasteiger partial charge in [-0.05, 0) is 25.3 Å². The van der Waals surface area contributed by atoms with Gasteiger partial charge in [-0.1, -0.05) is 18.2 Å². The van der Waals surface area contributed by atoms with Crippen LogP contribution in [0.2, 0.25) is 0 Å². The standard InChI is InChI=1S/C14H19NO2/c1-11(2)17-9-8-15-7-6-12-4-3-5-13(10-16)14(12)15/h3-7,11,16H,8-10H2,1-2H3. The molecule has 1 aromatic heterocycles. The lowest BCUT2D eigenvalue weighted by molar-refractivity contribution is 0.0733. The molecule has 0 fully saturated rings. The molecule has 0 spiro atoms. The van der Waals surface area contributed by atoms with Crippen LogP contribution in [0, 0.1) is 0 Å². The molecule has 17 heavy (non-hydrogen) atoms. The summed E-state index contributed by atoms with van der Waals surface area (Å²) in [5.41, 5.74) is 2.08. The third kappa shape index (κ3) is 2.68. The van der Waals surface area contributed by atoms with E-state index in [0.29, 0.717) is 6.61 Å². The van der Waals surface area contributed by atoms with Gasteiger partial charge in [0.1, 0.15) is 0 Å². The second-order valence-corrected chi connectivity index (χ2v) is 4.44. The first-order chi connectivity index (χ1) is 8.22.